The van der Waals surface area contributed by atoms with Gasteiger partial charge in [0.05, 0.1) is 6.17 Å². The van der Waals surface area contributed by atoms with Gasteiger partial charge in [-0.3, -0.25) is 5.32 Å². The number of likely N-dealkylation sites (tertiary alicyclic amines) is 1. The number of piperidine rings is 1. The lowest BCUT2D eigenvalue weighted by Crippen LogP contribution is -2.54. The fourth-order valence-corrected chi connectivity index (χ4v) is 2.61. The predicted molar refractivity (Wildman–Crippen MR) is 83.8 cm³/mol. The average molecular weight is 293 g/mol. The molecular weight excluding hydrogens is 266 g/mol. The van der Waals surface area contributed by atoms with Crippen molar-refractivity contribution in [1.82, 2.24) is 15.5 Å². The van der Waals surface area contributed by atoms with E-state index >= 15 is 0 Å². The van der Waals surface area contributed by atoms with Crippen LogP contribution in [0.5, 0.6) is 0 Å². The molecule has 0 aromatic heterocycles. The number of carbonyl (C=O) groups is 1. The number of hydrogen-bond acceptors (Lipinski definition) is 4. The average Bonchev–Trinajstić information content (AvgIpc) is 2.37. The van der Waals surface area contributed by atoms with Gasteiger partial charge in [0.25, 0.3) is 0 Å². The zero-order valence-corrected chi connectivity index (χ0v) is 13.5. The second-order valence-corrected chi connectivity index (χ2v) is 6.82. The van der Waals surface area contributed by atoms with Gasteiger partial charge in [0.1, 0.15) is 5.60 Å². The normalized spacial score (nSPS) is 26.1. The summed E-state index contributed by atoms with van der Waals surface area (Å²) >= 11 is 0. The standard InChI is InChI=1S/C16H27N3O2/c1-12-7-8-17-14(10-12)18-13-6-5-9-19(11-13)15(20)21-16(2,3)4/h7-8,10,13-14,17-18H,5-6,9,11H2,1-4H3/t13-,14?/m1/s1. The minimum Gasteiger partial charge on any atom is -0.444 e. The molecule has 0 bridgehead atoms. The first-order chi connectivity index (χ1) is 9.83. The number of allylic oxidation sites excluding steroid dienone is 2. The molecule has 118 valence electrons. The Morgan fingerprint density at radius 2 is 2.24 bits per heavy atom. The van der Waals surface area contributed by atoms with Gasteiger partial charge in [-0.05, 0) is 58.9 Å². The first kappa shape index (κ1) is 15.9. The van der Waals surface area contributed by atoms with Gasteiger partial charge >= 0.3 is 6.09 Å². The van der Waals surface area contributed by atoms with E-state index in [0.29, 0.717) is 12.6 Å². The lowest BCUT2D eigenvalue weighted by molar-refractivity contribution is 0.0184. The van der Waals surface area contributed by atoms with Gasteiger partial charge in [-0.15, -0.1) is 0 Å². The zero-order valence-electron chi connectivity index (χ0n) is 13.5. The Balaban J connectivity index is 1.86. The fraction of sp³-hybridized carbons (Fsp3) is 0.688. The number of dihydropyridines is 1. The van der Waals surface area contributed by atoms with Crippen LogP contribution in [0.4, 0.5) is 4.79 Å². The number of rotatable bonds is 2. The summed E-state index contributed by atoms with van der Waals surface area (Å²) in [6.07, 6.45) is 8.17. The van der Waals surface area contributed by atoms with Gasteiger partial charge in [-0.1, -0.05) is 5.57 Å². The molecule has 2 atom stereocenters. The van der Waals surface area contributed by atoms with Crippen molar-refractivity contribution in [1.29, 1.82) is 0 Å². The number of nitrogens with zero attached hydrogens (tertiary/aromatic N) is 1. The van der Waals surface area contributed by atoms with Crippen LogP contribution in [0.25, 0.3) is 0 Å². The SMILES string of the molecule is CC1=CC(N[C@@H]2CCCN(C(=O)OC(C)(C)C)C2)NC=C1. The van der Waals surface area contributed by atoms with Crippen LogP contribution in [-0.4, -0.2) is 41.9 Å². The first-order valence-corrected chi connectivity index (χ1v) is 7.68. The van der Waals surface area contributed by atoms with Crippen LogP contribution in [0.3, 0.4) is 0 Å². The molecule has 0 saturated carbocycles. The Bertz CT molecular complexity index is 437. The van der Waals surface area contributed by atoms with E-state index in [1.807, 2.05) is 37.9 Å². The third kappa shape index (κ3) is 5.08. The molecule has 2 N–H and O–H groups in total. The number of ether oxygens (including phenoxy) is 1. The quantitative estimate of drug-likeness (QED) is 0.820. The molecule has 1 fully saturated rings. The third-order valence-corrected chi connectivity index (χ3v) is 3.54. The minimum absolute atomic E-state index is 0.138. The number of carbonyl (C=O) groups excluding carboxylic acids is 1. The molecule has 0 aromatic carbocycles. The molecule has 0 spiro atoms. The van der Waals surface area contributed by atoms with Crippen LogP contribution >= 0.6 is 0 Å². The molecule has 1 saturated heterocycles. The Morgan fingerprint density at radius 3 is 2.90 bits per heavy atom. The second kappa shape index (κ2) is 6.52. The van der Waals surface area contributed by atoms with E-state index in [-0.39, 0.29) is 12.3 Å². The molecule has 2 aliphatic heterocycles. The molecule has 1 amide bonds. The van der Waals surface area contributed by atoms with E-state index in [0.717, 1.165) is 19.4 Å². The first-order valence-electron chi connectivity index (χ1n) is 7.68. The maximum atomic E-state index is 12.1. The van der Waals surface area contributed by atoms with Crippen molar-refractivity contribution < 1.29 is 9.53 Å². The number of amides is 1. The van der Waals surface area contributed by atoms with E-state index in [4.69, 9.17) is 4.74 Å². The van der Waals surface area contributed by atoms with Crippen LogP contribution in [0.2, 0.25) is 0 Å². The molecule has 5 nitrogen and oxygen atoms in total. The van der Waals surface area contributed by atoms with Gasteiger partial charge in [-0.2, -0.15) is 0 Å². The van der Waals surface area contributed by atoms with Gasteiger partial charge in [-0.25, -0.2) is 4.79 Å². The Kier molecular flexibility index (Phi) is 4.93. The van der Waals surface area contributed by atoms with Gasteiger partial charge in [0.15, 0.2) is 0 Å². The van der Waals surface area contributed by atoms with E-state index < -0.39 is 5.60 Å². The highest BCUT2D eigenvalue weighted by molar-refractivity contribution is 5.68. The Hall–Kier alpha value is -1.49. The third-order valence-electron chi connectivity index (χ3n) is 3.54. The summed E-state index contributed by atoms with van der Waals surface area (Å²) in [7, 11) is 0. The van der Waals surface area contributed by atoms with Gasteiger partial charge in [0.2, 0.25) is 0 Å². The Labute approximate surface area is 127 Å². The summed E-state index contributed by atoms with van der Waals surface area (Å²) < 4.78 is 5.45. The topological polar surface area (TPSA) is 53.6 Å². The van der Waals surface area contributed by atoms with Crippen molar-refractivity contribution in [3.63, 3.8) is 0 Å². The van der Waals surface area contributed by atoms with Crippen LogP contribution in [0.1, 0.15) is 40.5 Å². The van der Waals surface area contributed by atoms with Gasteiger partial charge < -0.3 is 15.0 Å². The molecule has 5 heteroatoms. The largest absolute Gasteiger partial charge is 0.444 e. The molecule has 2 heterocycles. The minimum atomic E-state index is -0.437. The van der Waals surface area contributed by atoms with E-state index in [9.17, 15) is 4.79 Å². The second-order valence-electron chi connectivity index (χ2n) is 6.82. The molecule has 0 radical (unpaired) electrons. The van der Waals surface area contributed by atoms with Crippen molar-refractivity contribution >= 4 is 6.09 Å². The maximum Gasteiger partial charge on any atom is 0.410 e. The Morgan fingerprint density at radius 1 is 1.48 bits per heavy atom. The number of nitrogens with one attached hydrogen (secondary N) is 2. The maximum absolute atomic E-state index is 12.1. The monoisotopic (exact) mass is 293 g/mol. The highest BCUT2D eigenvalue weighted by atomic mass is 16.6. The molecule has 2 aliphatic rings. The van der Waals surface area contributed by atoms with E-state index in [1.54, 1.807) is 0 Å². The number of hydrogen-bond donors (Lipinski definition) is 2. The van der Waals surface area contributed by atoms with Crippen LogP contribution in [0, 0.1) is 0 Å². The van der Waals surface area contributed by atoms with Crippen LogP contribution in [0.15, 0.2) is 23.9 Å². The summed E-state index contributed by atoms with van der Waals surface area (Å²) in [6.45, 7) is 9.26. The van der Waals surface area contributed by atoms with Crippen molar-refractivity contribution in [3.05, 3.63) is 23.9 Å². The van der Waals surface area contributed by atoms with Gasteiger partial charge in [0, 0.05) is 19.1 Å². The molecule has 0 aliphatic carbocycles. The van der Waals surface area contributed by atoms with E-state index in [1.165, 1.54) is 5.57 Å². The highest BCUT2D eigenvalue weighted by Gasteiger charge is 2.28. The van der Waals surface area contributed by atoms with Crippen molar-refractivity contribution in [3.8, 4) is 0 Å². The summed E-state index contributed by atoms with van der Waals surface area (Å²) in [5.74, 6) is 0. The van der Waals surface area contributed by atoms with Crippen molar-refractivity contribution in [2.45, 2.75) is 58.3 Å². The molecule has 21 heavy (non-hydrogen) atoms. The van der Waals surface area contributed by atoms with Crippen LogP contribution < -0.4 is 10.6 Å². The summed E-state index contributed by atoms with van der Waals surface area (Å²) in [4.78, 5) is 13.9. The lowest BCUT2D eigenvalue weighted by atomic mass is 10.1. The molecule has 0 aromatic rings. The van der Waals surface area contributed by atoms with E-state index in [2.05, 4.69) is 23.6 Å². The van der Waals surface area contributed by atoms with Crippen LogP contribution in [-0.2, 0) is 4.74 Å². The predicted octanol–water partition coefficient (Wildman–Crippen LogP) is 2.36. The summed E-state index contributed by atoms with van der Waals surface area (Å²) in [5.41, 5.74) is 0.804. The zero-order chi connectivity index (χ0) is 15.5. The smallest absolute Gasteiger partial charge is 0.410 e. The lowest BCUT2D eigenvalue weighted by Gasteiger charge is -2.36. The molecule has 2 rings (SSSR count). The highest BCUT2D eigenvalue weighted by Crippen LogP contribution is 2.16. The summed E-state index contributed by atoms with van der Waals surface area (Å²) in [6, 6.07) is 0.291. The van der Waals surface area contributed by atoms with Crippen molar-refractivity contribution in [2.24, 2.45) is 0 Å². The van der Waals surface area contributed by atoms with Crippen molar-refractivity contribution in [2.75, 3.05) is 13.1 Å². The molecular formula is C16H27N3O2. The summed E-state index contributed by atoms with van der Waals surface area (Å²) in [5, 5.41) is 6.82. The molecule has 1 unspecified atom stereocenters. The fourth-order valence-electron chi connectivity index (χ4n) is 2.61.